The molecule has 1 saturated heterocycles. The quantitative estimate of drug-likeness (QED) is 0.612. The molecule has 1 heterocycles. The molecule has 2 aliphatic rings. The molecule has 1 aliphatic carbocycles. The predicted molar refractivity (Wildman–Crippen MR) is 57.2 cm³/mol. The molecule has 1 saturated carbocycles. The van der Waals surface area contributed by atoms with Crippen LogP contribution in [0.1, 0.15) is 27.2 Å². The standard InChI is InChI=1S/C11H20N2O2/c1-10(2,3)15-9(14)7-5-13-6-11(7)4-8(11)12/h7-8,13H,4-6,12H2,1-3H3/t7?,8-,11?/m0/s1. The van der Waals surface area contributed by atoms with Crippen molar-refractivity contribution in [1.29, 1.82) is 0 Å². The summed E-state index contributed by atoms with van der Waals surface area (Å²) in [6.45, 7) is 7.26. The number of carbonyl (C=O) groups is 1. The van der Waals surface area contributed by atoms with Crippen LogP contribution in [0, 0.1) is 11.3 Å². The van der Waals surface area contributed by atoms with Crippen molar-refractivity contribution in [2.24, 2.45) is 17.1 Å². The number of esters is 1. The van der Waals surface area contributed by atoms with Crippen molar-refractivity contribution < 1.29 is 9.53 Å². The first kappa shape index (κ1) is 10.9. The Morgan fingerprint density at radius 2 is 2.13 bits per heavy atom. The Labute approximate surface area is 90.5 Å². The molecule has 3 atom stereocenters. The summed E-state index contributed by atoms with van der Waals surface area (Å²) >= 11 is 0. The molecule has 0 aromatic carbocycles. The lowest BCUT2D eigenvalue weighted by Gasteiger charge is -2.24. The molecule has 4 heteroatoms. The molecule has 4 nitrogen and oxygen atoms in total. The fourth-order valence-corrected chi connectivity index (χ4v) is 2.42. The van der Waals surface area contributed by atoms with Gasteiger partial charge in [0.15, 0.2) is 0 Å². The van der Waals surface area contributed by atoms with Gasteiger partial charge in [-0.15, -0.1) is 0 Å². The highest BCUT2D eigenvalue weighted by Gasteiger charge is 2.62. The Hall–Kier alpha value is -0.610. The van der Waals surface area contributed by atoms with Gasteiger partial charge in [0.2, 0.25) is 0 Å². The van der Waals surface area contributed by atoms with Crippen LogP contribution in [0.15, 0.2) is 0 Å². The molecular weight excluding hydrogens is 192 g/mol. The van der Waals surface area contributed by atoms with Crippen molar-refractivity contribution in [2.75, 3.05) is 13.1 Å². The van der Waals surface area contributed by atoms with Crippen molar-refractivity contribution in [2.45, 2.75) is 38.8 Å². The van der Waals surface area contributed by atoms with Gasteiger partial charge in [-0.1, -0.05) is 0 Å². The molecule has 2 fully saturated rings. The van der Waals surface area contributed by atoms with E-state index in [0.29, 0.717) is 6.54 Å². The fraction of sp³-hybridized carbons (Fsp3) is 0.909. The minimum Gasteiger partial charge on any atom is -0.460 e. The van der Waals surface area contributed by atoms with E-state index in [0.717, 1.165) is 13.0 Å². The van der Waals surface area contributed by atoms with Crippen molar-refractivity contribution in [3.05, 3.63) is 0 Å². The summed E-state index contributed by atoms with van der Waals surface area (Å²) in [6.07, 6.45) is 0.948. The first-order chi connectivity index (χ1) is 6.85. The van der Waals surface area contributed by atoms with Crippen LogP contribution < -0.4 is 11.1 Å². The molecule has 0 aromatic rings. The monoisotopic (exact) mass is 212 g/mol. The Morgan fingerprint density at radius 1 is 1.53 bits per heavy atom. The summed E-state index contributed by atoms with van der Waals surface area (Å²) in [5.74, 6) is -0.146. The van der Waals surface area contributed by atoms with Crippen molar-refractivity contribution >= 4 is 5.97 Å². The van der Waals surface area contributed by atoms with Crippen LogP contribution in [-0.2, 0) is 9.53 Å². The normalized spacial score (nSPS) is 39.5. The lowest BCUT2D eigenvalue weighted by atomic mass is 9.92. The van der Waals surface area contributed by atoms with Crippen LogP contribution >= 0.6 is 0 Å². The molecule has 0 amide bonds. The summed E-state index contributed by atoms with van der Waals surface area (Å²) in [7, 11) is 0. The smallest absolute Gasteiger partial charge is 0.311 e. The van der Waals surface area contributed by atoms with E-state index in [9.17, 15) is 4.79 Å². The van der Waals surface area contributed by atoms with Crippen molar-refractivity contribution in [1.82, 2.24) is 5.32 Å². The molecule has 0 aromatic heterocycles. The maximum absolute atomic E-state index is 11.9. The highest BCUT2D eigenvalue weighted by atomic mass is 16.6. The minimum absolute atomic E-state index is 0.00231. The molecule has 2 unspecified atom stereocenters. The zero-order chi connectivity index (χ0) is 11.3. The first-order valence-corrected chi connectivity index (χ1v) is 5.54. The van der Waals surface area contributed by atoms with E-state index in [1.807, 2.05) is 20.8 Å². The van der Waals surface area contributed by atoms with E-state index in [1.54, 1.807) is 0 Å². The summed E-state index contributed by atoms with van der Waals surface area (Å²) < 4.78 is 5.41. The van der Waals surface area contributed by atoms with Crippen LogP contribution in [0.3, 0.4) is 0 Å². The third-order valence-corrected chi connectivity index (χ3v) is 3.37. The predicted octanol–water partition coefficient (Wildman–Crippen LogP) is 0.265. The van der Waals surface area contributed by atoms with Gasteiger partial charge in [0.25, 0.3) is 0 Å². The SMILES string of the molecule is CC(C)(C)OC(=O)C1CNCC12C[C@@H]2N. The molecule has 1 aliphatic heterocycles. The van der Waals surface area contributed by atoms with Crippen LogP contribution in [0.4, 0.5) is 0 Å². The highest BCUT2D eigenvalue weighted by Crippen LogP contribution is 2.53. The van der Waals surface area contributed by atoms with E-state index < -0.39 is 5.60 Å². The van der Waals surface area contributed by atoms with Gasteiger partial charge in [0.05, 0.1) is 5.92 Å². The third-order valence-electron chi connectivity index (χ3n) is 3.37. The van der Waals surface area contributed by atoms with E-state index in [1.165, 1.54) is 0 Å². The van der Waals surface area contributed by atoms with Gasteiger partial charge in [0.1, 0.15) is 5.60 Å². The molecule has 86 valence electrons. The summed E-state index contributed by atoms with van der Waals surface area (Å²) in [5.41, 5.74) is 5.51. The average Bonchev–Trinajstić information content (AvgIpc) is 2.56. The summed E-state index contributed by atoms with van der Waals surface area (Å²) in [6, 6.07) is 0.171. The second-order valence-electron chi connectivity index (χ2n) is 5.76. The first-order valence-electron chi connectivity index (χ1n) is 5.54. The molecule has 15 heavy (non-hydrogen) atoms. The van der Waals surface area contributed by atoms with Gasteiger partial charge in [-0.2, -0.15) is 0 Å². The third kappa shape index (κ3) is 1.88. The Bertz CT molecular complexity index is 285. The van der Waals surface area contributed by atoms with Gasteiger partial charge >= 0.3 is 5.97 Å². The lowest BCUT2D eigenvalue weighted by Crippen LogP contribution is -2.35. The van der Waals surface area contributed by atoms with Crippen LogP contribution in [-0.4, -0.2) is 30.7 Å². The second kappa shape index (κ2) is 3.19. The van der Waals surface area contributed by atoms with E-state index in [4.69, 9.17) is 10.5 Å². The minimum atomic E-state index is -0.403. The number of nitrogens with one attached hydrogen (secondary N) is 1. The summed E-state index contributed by atoms with van der Waals surface area (Å²) in [5, 5.41) is 3.24. The molecule has 3 N–H and O–H groups in total. The molecule has 1 spiro atoms. The molecular formula is C11H20N2O2. The fourth-order valence-electron chi connectivity index (χ4n) is 2.42. The van der Waals surface area contributed by atoms with Crippen LogP contribution in [0.2, 0.25) is 0 Å². The van der Waals surface area contributed by atoms with Gasteiger partial charge in [-0.25, -0.2) is 0 Å². The van der Waals surface area contributed by atoms with Gasteiger partial charge in [0, 0.05) is 24.5 Å². The zero-order valence-electron chi connectivity index (χ0n) is 9.67. The summed E-state index contributed by atoms with van der Waals surface area (Å²) in [4.78, 5) is 11.9. The van der Waals surface area contributed by atoms with E-state index >= 15 is 0 Å². The number of rotatable bonds is 1. The van der Waals surface area contributed by atoms with Gasteiger partial charge < -0.3 is 15.8 Å². The molecule has 0 bridgehead atoms. The number of nitrogens with two attached hydrogens (primary N) is 1. The van der Waals surface area contributed by atoms with Crippen molar-refractivity contribution in [3.63, 3.8) is 0 Å². The Morgan fingerprint density at radius 3 is 2.60 bits per heavy atom. The maximum Gasteiger partial charge on any atom is 0.311 e. The topological polar surface area (TPSA) is 64.3 Å². The van der Waals surface area contributed by atoms with E-state index in [2.05, 4.69) is 5.32 Å². The Balaban J connectivity index is 2.02. The number of hydrogen-bond donors (Lipinski definition) is 2. The van der Waals surface area contributed by atoms with Crippen LogP contribution in [0.25, 0.3) is 0 Å². The van der Waals surface area contributed by atoms with Gasteiger partial charge in [-0.05, 0) is 27.2 Å². The highest BCUT2D eigenvalue weighted by molar-refractivity contribution is 5.75. The van der Waals surface area contributed by atoms with Crippen molar-refractivity contribution in [3.8, 4) is 0 Å². The largest absolute Gasteiger partial charge is 0.460 e. The maximum atomic E-state index is 11.9. The molecule has 0 radical (unpaired) electrons. The Kier molecular flexibility index (Phi) is 2.32. The van der Waals surface area contributed by atoms with Crippen LogP contribution in [0.5, 0.6) is 0 Å². The van der Waals surface area contributed by atoms with E-state index in [-0.39, 0.29) is 23.3 Å². The molecule has 2 rings (SSSR count). The number of carbonyl (C=O) groups excluding carboxylic acids is 1. The average molecular weight is 212 g/mol. The lowest BCUT2D eigenvalue weighted by molar-refractivity contribution is -0.161. The number of ether oxygens (including phenoxy) is 1. The zero-order valence-corrected chi connectivity index (χ0v) is 9.67. The second-order valence-corrected chi connectivity index (χ2v) is 5.76. The number of hydrogen-bond acceptors (Lipinski definition) is 4. The van der Waals surface area contributed by atoms with Gasteiger partial charge in [-0.3, -0.25) is 4.79 Å².